The number of piperidine rings is 1. The van der Waals surface area contributed by atoms with Crippen molar-refractivity contribution in [2.45, 2.75) is 64.6 Å². The molecule has 0 unspecified atom stereocenters. The predicted molar refractivity (Wildman–Crippen MR) is 142 cm³/mol. The van der Waals surface area contributed by atoms with Gasteiger partial charge in [0, 0.05) is 45.7 Å². The SMILES string of the molecule is Cc1ncccc1-c1cccc(Oc2ccc(C(=O)NC3CC(C)(C)NC(C)(C)C3)cc2Cl)c1C#N. The van der Waals surface area contributed by atoms with Gasteiger partial charge in [-0.05, 0) is 77.8 Å². The van der Waals surface area contributed by atoms with Crippen LogP contribution in [0, 0.1) is 18.3 Å². The molecule has 1 fully saturated rings. The molecule has 1 saturated heterocycles. The summed E-state index contributed by atoms with van der Waals surface area (Å²) in [6.45, 7) is 10.5. The van der Waals surface area contributed by atoms with Crippen LogP contribution in [-0.2, 0) is 0 Å². The van der Waals surface area contributed by atoms with E-state index >= 15 is 0 Å². The summed E-state index contributed by atoms with van der Waals surface area (Å²) in [6.07, 6.45) is 3.39. The second kappa shape index (κ2) is 9.93. The first-order valence-electron chi connectivity index (χ1n) is 12.0. The van der Waals surface area contributed by atoms with Crippen molar-refractivity contribution in [1.29, 1.82) is 5.26 Å². The third-order valence-corrected chi connectivity index (χ3v) is 6.67. The molecule has 1 aliphatic rings. The van der Waals surface area contributed by atoms with Gasteiger partial charge in [0.15, 0.2) is 0 Å². The number of ether oxygens (including phenoxy) is 1. The Morgan fingerprint density at radius 3 is 2.42 bits per heavy atom. The van der Waals surface area contributed by atoms with Crippen molar-refractivity contribution in [3.05, 3.63) is 76.6 Å². The van der Waals surface area contributed by atoms with Crippen molar-refractivity contribution in [2.24, 2.45) is 0 Å². The molecule has 2 aromatic carbocycles. The number of nitrogens with one attached hydrogen (secondary N) is 2. The van der Waals surface area contributed by atoms with E-state index in [4.69, 9.17) is 16.3 Å². The number of carbonyl (C=O) groups is 1. The number of halogens is 1. The van der Waals surface area contributed by atoms with Crippen LogP contribution in [0.3, 0.4) is 0 Å². The summed E-state index contributed by atoms with van der Waals surface area (Å²) in [4.78, 5) is 17.3. The molecule has 0 spiro atoms. The first kappa shape index (κ1) is 25.7. The van der Waals surface area contributed by atoms with Gasteiger partial charge in [-0.1, -0.05) is 29.8 Å². The molecule has 7 heteroatoms. The molecular formula is C29H31ClN4O2. The number of nitriles is 1. The van der Waals surface area contributed by atoms with Gasteiger partial charge in [0.25, 0.3) is 5.91 Å². The smallest absolute Gasteiger partial charge is 0.251 e. The number of carbonyl (C=O) groups excluding carboxylic acids is 1. The molecule has 3 aromatic rings. The average Bonchev–Trinajstić information content (AvgIpc) is 2.78. The van der Waals surface area contributed by atoms with E-state index in [0.29, 0.717) is 27.6 Å². The highest BCUT2D eigenvalue weighted by molar-refractivity contribution is 6.32. The Morgan fingerprint density at radius 2 is 1.78 bits per heavy atom. The summed E-state index contributed by atoms with van der Waals surface area (Å²) in [7, 11) is 0. The highest BCUT2D eigenvalue weighted by atomic mass is 35.5. The maximum Gasteiger partial charge on any atom is 0.251 e. The Hall–Kier alpha value is -3.40. The van der Waals surface area contributed by atoms with E-state index in [1.54, 1.807) is 30.5 Å². The van der Waals surface area contributed by atoms with Crippen molar-refractivity contribution < 1.29 is 9.53 Å². The first-order chi connectivity index (χ1) is 17.0. The molecule has 0 atom stereocenters. The molecule has 0 radical (unpaired) electrons. The summed E-state index contributed by atoms with van der Waals surface area (Å²) in [5, 5.41) is 17.0. The van der Waals surface area contributed by atoms with E-state index < -0.39 is 0 Å². The molecule has 186 valence electrons. The van der Waals surface area contributed by atoms with Crippen molar-refractivity contribution in [3.63, 3.8) is 0 Å². The van der Waals surface area contributed by atoms with Crippen molar-refractivity contribution in [1.82, 2.24) is 15.6 Å². The molecular weight excluding hydrogens is 472 g/mol. The Morgan fingerprint density at radius 1 is 1.08 bits per heavy atom. The molecule has 2 heterocycles. The molecule has 6 nitrogen and oxygen atoms in total. The minimum atomic E-state index is -0.172. The number of nitrogens with zero attached hydrogens (tertiary/aromatic N) is 2. The number of rotatable bonds is 5. The third kappa shape index (κ3) is 5.70. The van der Waals surface area contributed by atoms with Gasteiger partial charge < -0.3 is 15.4 Å². The van der Waals surface area contributed by atoms with E-state index in [0.717, 1.165) is 29.7 Å². The fourth-order valence-electron chi connectivity index (χ4n) is 5.26. The normalized spacial score (nSPS) is 16.7. The van der Waals surface area contributed by atoms with Gasteiger partial charge in [-0.15, -0.1) is 0 Å². The van der Waals surface area contributed by atoms with E-state index in [2.05, 4.69) is 49.4 Å². The van der Waals surface area contributed by atoms with Crippen LogP contribution >= 0.6 is 11.6 Å². The fraction of sp³-hybridized carbons (Fsp3) is 0.345. The van der Waals surface area contributed by atoms with Crippen LogP contribution in [-0.4, -0.2) is 28.0 Å². The number of hydrogen-bond donors (Lipinski definition) is 2. The van der Waals surface area contributed by atoms with Crippen LogP contribution < -0.4 is 15.4 Å². The second-order valence-corrected chi connectivity index (χ2v) is 11.1. The zero-order chi connectivity index (χ0) is 26.1. The molecule has 0 aliphatic carbocycles. The van der Waals surface area contributed by atoms with Crippen LogP contribution in [0.1, 0.15) is 62.2 Å². The number of benzene rings is 2. The molecule has 1 amide bonds. The van der Waals surface area contributed by atoms with E-state index in [-0.39, 0.29) is 23.0 Å². The van der Waals surface area contributed by atoms with Gasteiger partial charge in [-0.2, -0.15) is 5.26 Å². The summed E-state index contributed by atoms with van der Waals surface area (Å²) < 4.78 is 6.06. The number of amides is 1. The van der Waals surface area contributed by atoms with Crippen molar-refractivity contribution >= 4 is 17.5 Å². The Balaban J connectivity index is 1.54. The lowest BCUT2D eigenvalue weighted by molar-refractivity contribution is 0.0873. The second-order valence-electron chi connectivity index (χ2n) is 10.6. The molecule has 4 rings (SSSR count). The topological polar surface area (TPSA) is 87.0 Å². The molecule has 36 heavy (non-hydrogen) atoms. The number of aromatic nitrogens is 1. The van der Waals surface area contributed by atoms with Gasteiger partial charge in [-0.25, -0.2) is 0 Å². The van der Waals surface area contributed by atoms with Crippen LogP contribution in [0.5, 0.6) is 11.5 Å². The minimum Gasteiger partial charge on any atom is -0.454 e. The maximum atomic E-state index is 13.0. The monoisotopic (exact) mass is 502 g/mol. The van der Waals surface area contributed by atoms with Gasteiger partial charge in [0.05, 0.1) is 5.02 Å². The largest absolute Gasteiger partial charge is 0.454 e. The van der Waals surface area contributed by atoms with Crippen LogP contribution in [0.2, 0.25) is 5.02 Å². The fourth-order valence-corrected chi connectivity index (χ4v) is 5.48. The van der Waals surface area contributed by atoms with Gasteiger partial charge >= 0.3 is 0 Å². The lowest BCUT2D eigenvalue weighted by atomic mass is 9.79. The third-order valence-electron chi connectivity index (χ3n) is 6.37. The lowest BCUT2D eigenvalue weighted by Gasteiger charge is -2.46. The maximum absolute atomic E-state index is 13.0. The van der Waals surface area contributed by atoms with Crippen molar-refractivity contribution in [2.75, 3.05) is 0 Å². The Bertz CT molecular complexity index is 1330. The zero-order valence-electron chi connectivity index (χ0n) is 21.3. The standard InChI is InChI=1S/C29H31ClN4O2/c1-18-21(9-7-13-32-18)22-8-6-10-25(23(22)17-31)36-26-12-11-19(14-24(26)30)27(35)33-20-15-28(2,3)34-29(4,5)16-20/h6-14,20,34H,15-16H2,1-5H3,(H,33,35). The summed E-state index contributed by atoms with van der Waals surface area (Å²) >= 11 is 6.53. The summed E-state index contributed by atoms with van der Waals surface area (Å²) in [5.41, 5.74) is 3.12. The number of hydrogen-bond acceptors (Lipinski definition) is 5. The van der Waals surface area contributed by atoms with E-state index in [9.17, 15) is 10.1 Å². The minimum absolute atomic E-state index is 0.0512. The molecule has 0 bridgehead atoms. The first-order valence-corrected chi connectivity index (χ1v) is 12.4. The van der Waals surface area contributed by atoms with Gasteiger partial charge in [-0.3, -0.25) is 9.78 Å². The van der Waals surface area contributed by atoms with Crippen molar-refractivity contribution in [3.8, 4) is 28.7 Å². The highest BCUT2D eigenvalue weighted by Crippen LogP contribution is 2.36. The molecule has 1 aliphatic heterocycles. The average molecular weight is 503 g/mol. The summed E-state index contributed by atoms with van der Waals surface area (Å²) in [6, 6.07) is 16.4. The Kier molecular flexibility index (Phi) is 7.08. The van der Waals surface area contributed by atoms with Crippen LogP contribution in [0.4, 0.5) is 0 Å². The van der Waals surface area contributed by atoms with Crippen LogP contribution in [0.25, 0.3) is 11.1 Å². The highest BCUT2D eigenvalue weighted by Gasteiger charge is 2.38. The van der Waals surface area contributed by atoms with Crippen LogP contribution in [0.15, 0.2) is 54.7 Å². The number of pyridine rings is 1. The zero-order valence-corrected chi connectivity index (χ0v) is 22.0. The molecule has 1 aromatic heterocycles. The lowest BCUT2D eigenvalue weighted by Crippen LogP contribution is -2.62. The summed E-state index contributed by atoms with van der Waals surface area (Å²) in [5.74, 6) is 0.583. The van der Waals surface area contributed by atoms with Gasteiger partial charge in [0.2, 0.25) is 0 Å². The Labute approximate surface area is 217 Å². The quantitative estimate of drug-likeness (QED) is 0.420. The molecule has 2 N–H and O–H groups in total. The molecule has 0 saturated carbocycles. The number of aryl methyl sites for hydroxylation is 1. The predicted octanol–water partition coefficient (Wildman–Crippen LogP) is 6.41. The van der Waals surface area contributed by atoms with Gasteiger partial charge in [0.1, 0.15) is 23.1 Å². The van der Waals surface area contributed by atoms with E-state index in [1.807, 2.05) is 31.2 Å². The van der Waals surface area contributed by atoms with E-state index in [1.165, 1.54) is 0 Å².